The number of benzene rings is 2. The summed E-state index contributed by atoms with van der Waals surface area (Å²) >= 11 is 1.33. The molecule has 3 rings (SSSR count). The number of nitrogens with zero attached hydrogens (tertiary/aromatic N) is 3. The summed E-state index contributed by atoms with van der Waals surface area (Å²) < 4.78 is 20.2. The van der Waals surface area contributed by atoms with Crippen LogP contribution in [0.25, 0.3) is 10.2 Å². The van der Waals surface area contributed by atoms with Crippen molar-refractivity contribution in [3.05, 3.63) is 53.8 Å². The first-order valence-electron chi connectivity index (χ1n) is 10.7. The number of amides is 1. The number of rotatable bonds is 11. The molecule has 0 radical (unpaired) electrons. The second-order valence-corrected chi connectivity index (χ2v) is 8.81. The number of carbonyl (C=O) groups excluding carboxylic acids is 1. The Labute approximate surface area is 199 Å². The third kappa shape index (κ3) is 7.15. The van der Waals surface area contributed by atoms with Crippen LogP contribution in [0, 0.1) is 5.82 Å². The molecule has 0 saturated carbocycles. The fourth-order valence-corrected chi connectivity index (χ4v) is 4.26. The van der Waals surface area contributed by atoms with E-state index in [0.29, 0.717) is 35.1 Å². The molecular weight excluding hydrogens is 449 g/mol. The highest BCUT2D eigenvalue weighted by Gasteiger charge is 2.22. The number of ether oxygens (including phenoxy) is 1. The standard InChI is InChI=1S/C24H30FN3O2S.ClH/c1-4-5-6-15-30-20-10-7-9-18(16-20)23(29)28(14-8-13-27(2)3)24-26-21-12-11-19(25)17-22(21)31-24;/h7,9-12,16-17H,4-6,8,13-15H2,1-3H3;1H. The third-order valence-electron chi connectivity index (χ3n) is 4.90. The monoisotopic (exact) mass is 479 g/mol. The van der Waals surface area contributed by atoms with Gasteiger partial charge in [0.25, 0.3) is 5.91 Å². The summed E-state index contributed by atoms with van der Waals surface area (Å²) in [6.07, 6.45) is 4.05. The molecule has 0 fully saturated rings. The van der Waals surface area contributed by atoms with Gasteiger partial charge in [0.15, 0.2) is 5.13 Å². The van der Waals surface area contributed by atoms with E-state index in [1.54, 1.807) is 23.1 Å². The van der Waals surface area contributed by atoms with Crippen molar-refractivity contribution < 1.29 is 13.9 Å². The summed E-state index contributed by atoms with van der Waals surface area (Å²) in [6.45, 7) is 4.17. The van der Waals surface area contributed by atoms with E-state index in [0.717, 1.165) is 36.9 Å². The zero-order valence-electron chi connectivity index (χ0n) is 18.8. The molecule has 1 aromatic heterocycles. The Balaban J connectivity index is 0.00000363. The maximum absolute atomic E-state index is 13.6. The van der Waals surface area contributed by atoms with Crippen LogP contribution in [0.5, 0.6) is 5.75 Å². The number of hydrogen-bond donors (Lipinski definition) is 0. The fourth-order valence-electron chi connectivity index (χ4n) is 3.25. The molecule has 2 aromatic carbocycles. The lowest BCUT2D eigenvalue weighted by atomic mass is 10.2. The molecule has 1 heterocycles. The zero-order chi connectivity index (χ0) is 22.2. The first kappa shape index (κ1) is 26.0. The Morgan fingerprint density at radius 3 is 2.66 bits per heavy atom. The van der Waals surface area contributed by atoms with Gasteiger partial charge in [-0.25, -0.2) is 9.37 Å². The number of unbranched alkanes of at least 4 members (excludes halogenated alkanes) is 2. The van der Waals surface area contributed by atoms with Crippen molar-refractivity contribution in [2.45, 2.75) is 32.6 Å². The Bertz CT molecular complexity index is 1010. The van der Waals surface area contributed by atoms with Gasteiger partial charge in [-0.05, 0) is 69.9 Å². The van der Waals surface area contributed by atoms with Crippen LogP contribution in [0.1, 0.15) is 43.0 Å². The maximum Gasteiger partial charge on any atom is 0.260 e. The highest BCUT2D eigenvalue weighted by molar-refractivity contribution is 7.22. The number of hydrogen-bond acceptors (Lipinski definition) is 5. The number of fused-ring (bicyclic) bond motifs is 1. The predicted molar refractivity (Wildman–Crippen MR) is 133 cm³/mol. The number of halogens is 2. The molecule has 0 spiro atoms. The second kappa shape index (κ2) is 12.7. The quantitative estimate of drug-likeness (QED) is 0.315. The van der Waals surface area contributed by atoms with Gasteiger partial charge in [0.05, 0.1) is 16.8 Å². The van der Waals surface area contributed by atoms with E-state index in [9.17, 15) is 9.18 Å². The van der Waals surface area contributed by atoms with Gasteiger partial charge in [-0.2, -0.15) is 0 Å². The number of aromatic nitrogens is 1. The molecule has 5 nitrogen and oxygen atoms in total. The molecule has 32 heavy (non-hydrogen) atoms. The molecule has 0 N–H and O–H groups in total. The van der Waals surface area contributed by atoms with E-state index in [4.69, 9.17) is 4.74 Å². The molecule has 0 aliphatic heterocycles. The van der Waals surface area contributed by atoms with Gasteiger partial charge in [-0.1, -0.05) is 37.2 Å². The lowest BCUT2D eigenvalue weighted by Gasteiger charge is -2.21. The highest BCUT2D eigenvalue weighted by Crippen LogP contribution is 2.31. The smallest absolute Gasteiger partial charge is 0.260 e. The predicted octanol–water partition coefficient (Wildman–Crippen LogP) is 6.02. The minimum atomic E-state index is -0.305. The summed E-state index contributed by atoms with van der Waals surface area (Å²) in [5.41, 5.74) is 1.25. The molecule has 174 valence electrons. The zero-order valence-corrected chi connectivity index (χ0v) is 20.5. The Morgan fingerprint density at radius 2 is 1.91 bits per heavy atom. The summed E-state index contributed by atoms with van der Waals surface area (Å²) in [7, 11) is 4.01. The van der Waals surface area contributed by atoms with Gasteiger partial charge < -0.3 is 9.64 Å². The molecule has 8 heteroatoms. The van der Waals surface area contributed by atoms with Crippen LogP contribution in [-0.2, 0) is 0 Å². The van der Waals surface area contributed by atoms with E-state index in [1.807, 2.05) is 26.2 Å². The van der Waals surface area contributed by atoms with E-state index < -0.39 is 0 Å². The number of carbonyl (C=O) groups is 1. The second-order valence-electron chi connectivity index (χ2n) is 7.81. The topological polar surface area (TPSA) is 45.7 Å². The van der Waals surface area contributed by atoms with E-state index in [-0.39, 0.29) is 24.1 Å². The normalized spacial score (nSPS) is 10.9. The minimum Gasteiger partial charge on any atom is -0.494 e. The van der Waals surface area contributed by atoms with Gasteiger partial charge in [-0.3, -0.25) is 9.69 Å². The lowest BCUT2D eigenvalue weighted by molar-refractivity contribution is 0.0985. The van der Waals surface area contributed by atoms with Gasteiger partial charge in [-0.15, -0.1) is 12.4 Å². The third-order valence-corrected chi connectivity index (χ3v) is 5.94. The Morgan fingerprint density at radius 1 is 1.09 bits per heavy atom. The maximum atomic E-state index is 13.6. The van der Waals surface area contributed by atoms with Crippen LogP contribution >= 0.6 is 23.7 Å². The highest BCUT2D eigenvalue weighted by atomic mass is 35.5. The molecule has 0 bridgehead atoms. The lowest BCUT2D eigenvalue weighted by Crippen LogP contribution is -2.33. The van der Waals surface area contributed by atoms with Crippen LogP contribution in [0.4, 0.5) is 9.52 Å². The molecule has 3 aromatic rings. The van der Waals surface area contributed by atoms with Crippen LogP contribution < -0.4 is 9.64 Å². The molecule has 0 aliphatic rings. The van der Waals surface area contributed by atoms with E-state index in [1.165, 1.54) is 23.5 Å². The molecule has 1 amide bonds. The summed E-state index contributed by atoms with van der Waals surface area (Å²) in [6, 6.07) is 11.8. The Hall–Kier alpha value is -2.22. The first-order chi connectivity index (χ1) is 15.0. The van der Waals surface area contributed by atoms with Crippen molar-refractivity contribution in [3.63, 3.8) is 0 Å². The molecule has 0 saturated heterocycles. The van der Waals surface area contributed by atoms with E-state index >= 15 is 0 Å². The van der Waals surface area contributed by atoms with Crippen LogP contribution in [-0.4, -0.2) is 49.6 Å². The van der Waals surface area contributed by atoms with Gasteiger partial charge >= 0.3 is 0 Å². The molecular formula is C24H31ClFN3O2S. The van der Waals surface area contributed by atoms with Gasteiger partial charge in [0.1, 0.15) is 11.6 Å². The van der Waals surface area contributed by atoms with Crippen molar-refractivity contribution >= 4 is 45.0 Å². The van der Waals surface area contributed by atoms with Crippen LogP contribution in [0.2, 0.25) is 0 Å². The van der Waals surface area contributed by atoms with Crippen molar-refractivity contribution in [2.24, 2.45) is 0 Å². The van der Waals surface area contributed by atoms with Crippen molar-refractivity contribution in [2.75, 3.05) is 38.7 Å². The van der Waals surface area contributed by atoms with Crippen LogP contribution in [0.3, 0.4) is 0 Å². The van der Waals surface area contributed by atoms with Crippen molar-refractivity contribution in [1.29, 1.82) is 0 Å². The van der Waals surface area contributed by atoms with Gasteiger partial charge in [0.2, 0.25) is 0 Å². The molecule has 0 aliphatic carbocycles. The van der Waals surface area contributed by atoms with Crippen molar-refractivity contribution in [1.82, 2.24) is 9.88 Å². The minimum absolute atomic E-state index is 0. The largest absolute Gasteiger partial charge is 0.494 e. The number of anilines is 1. The molecule has 0 atom stereocenters. The van der Waals surface area contributed by atoms with Crippen LogP contribution in [0.15, 0.2) is 42.5 Å². The summed E-state index contributed by atoms with van der Waals surface area (Å²) in [5.74, 6) is 0.264. The van der Waals surface area contributed by atoms with E-state index in [2.05, 4.69) is 16.8 Å². The summed E-state index contributed by atoms with van der Waals surface area (Å²) in [4.78, 5) is 21.8. The SMILES string of the molecule is CCCCCOc1cccc(C(=O)N(CCCN(C)C)c2nc3ccc(F)cc3s2)c1.Cl. The molecule has 0 unspecified atom stereocenters. The average Bonchev–Trinajstić information content (AvgIpc) is 3.16. The average molecular weight is 480 g/mol. The van der Waals surface area contributed by atoms with Gasteiger partial charge in [0, 0.05) is 12.1 Å². The summed E-state index contributed by atoms with van der Waals surface area (Å²) in [5, 5.41) is 0.582. The Kier molecular flexibility index (Phi) is 10.4. The fraction of sp³-hybridized carbons (Fsp3) is 0.417. The first-order valence-corrected chi connectivity index (χ1v) is 11.5. The van der Waals surface area contributed by atoms with Crippen molar-refractivity contribution in [3.8, 4) is 5.75 Å². The number of thiazole rings is 1.